The monoisotopic (exact) mass is 235 g/mol. The van der Waals surface area contributed by atoms with Gasteiger partial charge in [0.15, 0.2) is 0 Å². The first-order valence-corrected chi connectivity index (χ1v) is 6.94. The summed E-state index contributed by atoms with van der Waals surface area (Å²) in [4.78, 5) is 0. The maximum absolute atomic E-state index is 6.11. The zero-order chi connectivity index (χ0) is 12.3. The number of nitrogens with zero attached hydrogens (tertiary/aromatic N) is 2. The molecule has 1 aromatic heterocycles. The fourth-order valence-electron chi connectivity index (χ4n) is 2.76. The Balaban J connectivity index is 1.94. The fraction of sp³-hybridized carbons (Fsp3) is 0.786. The van der Waals surface area contributed by atoms with Crippen molar-refractivity contribution in [2.75, 3.05) is 0 Å². The molecular weight excluding hydrogens is 210 g/mol. The third kappa shape index (κ3) is 3.56. The molecule has 0 aromatic carbocycles. The minimum absolute atomic E-state index is 0.412. The van der Waals surface area contributed by atoms with Gasteiger partial charge in [-0.15, -0.1) is 0 Å². The Labute approximate surface area is 104 Å². The lowest BCUT2D eigenvalue weighted by Gasteiger charge is -2.15. The summed E-state index contributed by atoms with van der Waals surface area (Å²) >= 11 is 0. The van der Waals surface area contributed by atoms with Crippen LogP contribution in [0.2, 0.25) is 0 Å². The molecule has 2 unspecified atom stereocenters. The van der Waals surface area contributed by atoms with Crippen molar-refractivity contribution in [1.29, 1.82) is 0 Å². The van der Waals surface area contributed by atoms with E-state index in [0.717, 1.165) is 12.3 Å². The molecule has 0 radical (unpaired) electrons. The van der Waals surface area contributed by atoms with E-state index in [9.17, 15) is 0 Å². The van der Waals surface area contributed by atoms with Crippen LogP contribution in [0, 0.1) is 5.92 Å². The summed E-state index contributed by atoms with van der Waals surface area (Å²) in [6.07, 6.45) is 9.54. The maximum Gasteiger partial charge on any atom is 0.0627 e. The summed E-state index contributed by atoms with van der Waals surface area (Å²) in [5.41, 5.74) is 7.34. The van der Waals surface area contributed by atoms with E-state index in [-0.39, 0.29) is 0 Å². The van der Waals surface area contributed by atoms with Gasteiger partial charge in [-0.2, -0.15) is 5.10 Å². The van der Waals surface area contributed by atoms with Crippen LogP contribution in [-0.4, -0.2) is 15.8 Å². The Kier molecular flexibility index (Phi) is 4.21. The summed E-state index contributed by atoms with van der Waals surface area (Å²) in [6.45, 7) is 4.33. The van der Waals surface area contributed by atoms with Gasteiger partial charge in [0.05, 0.1) is 5.69 Å². The fourth-order valence-corrected chi connectivity index (χ4v) is 2.76. The zero-order valence-electron chi connectivity index (χ0n) is 11.1. The molecule has 2 rings (SSSR count). The second kappa shape index (κ2) is 5.67. The van der Waals surface area contributed by atoms with Crippen molar-refractivity contribution in [3.63, 3.8) is 0 Å². The van der Waals surface area contributed by atoms with Gasteiger partial charge < -0.3 is 5.73 Å². The van der Waals surface area contributed by atoms with Gasteiger partial charge >= 0.3 is 0 Å². The molecule has 1 aliphatic carbocycles. The van der Waals surface area contributed by atoms with Gasteiger partial charge in [-0.05, 0) is 45.1 Å². The molecular formula is C14H25N3. The van der Waals surface area contributed by atoms with Crippen LogP contribution >= 0.6 is 0 Å². The first-order valence-electron chi connectivity index (χ1n) is 6.94. The van der Waals surface area contributed by atoms with Crippen LogP contribution < -0.4 is 5.73 Å². The van der Waals surface area contributed by atoms with Crippen molar-refractivity contribution in [3.8, 4) is 0 Å². The summed E-state index contributed by atoms with van der Waals surface area (Å²) in [7, 11) is 0. The SMILES string of the molecule is CC(C)n1ccc(CC2CCCCC(N)C2)n1. The molecule has 3 nitrogen and oxygen atoms in total. The standard InChI is InChI=1S/C14H25N3/c1-11(2)17-8-7-14(16-17)10-12-5-3-4-6-13(15)9-12/h7-8,11-13H,3-6,9-10,15H2,1-2H3. The topological polar surface area (TPSA) is 43.8 Å². The van der Waals surface area contributed by atoms with Crippen molar-refractivity contribution in [2.24, 2.45) is 11.7 Å². The van der Waals surface area contributed by atoms with Gasteiger partial charge in [-0.1, -0.05) is 19.3 Å². The van der Waals surface area contributed by atoms with Crippen molar-refractivity contribution < 1.29 is 0 Å². The van der Waals surface area contributed by atoms with Crippen LogP contribution in [0.15, 0.2) is 12.3 Å². The lowest BCUT2D eigenvalue weighted by Crippen LogP contribution is -2.22. The molecule has 0 aliphatic heterocycles. The highest BCUT2D eigenvalue weighted by molar-refractivity contribution is 5.01. The van der Waals surface area contributed by atoms with Crippen molar-refractivity contribution >= 4 is 0 Å². The maximum atomic E-state index is 6.11. The highest BCUT2D eigenvalue weighted by Gasteiger charge is 2.18. The van der Waals surface area contributed by atoms with Crippen LogP contribution in [-0.2, 0) is 6.42 Å². The lowest BCUT2D eigenvalue weighted by molar-refractivity contribution is 0.422. The Morgan fingerprint density at radius 1 is 1.41 bits per heavy atom. The van der Waals surface area contributed by atoms with E-state index >= 15 is 0 Å². The van der Waals surface area contributed by atoms with Crippen molar-refractivity contribution in [1.82, 2.24) is 9.78 Å². The molecule has 3 heteroatoms. The molecule has 1 fully saturated rings. The second-order valence-electron chi connectivity index (χ2n) is 5.73. The quantitative estimate of drug-likeness (QED) is 0.819. The average molecular weight is 235 g/mol. The Morgan fingerprint density at radius 2 is 2.18 bits per heavy atom. The molecule has 2 N–H and O–H groups in total. The summed E-state index contributed by atoms with van der Waals surface area (Å²) in [6, 6.07) is 3.03. The Bertz CT molecular complexity index is 343. The van der Waals surface area contributed by atoms with Crippen LogP contribution in [0.4, 0.5) is 0 Å². The number of hydrogen-bond acceptors (Lipinski definition) is 2. The van der Waals surface area contributed by atoms with E-state index in [0.29, 0.717) is 12.1 Å². The molecule has 1 aliphatic rings. The Hall–Kier alpha value is -0.830. The van der Waals surface area contributed by atoms with Gasteiger partial charge in [0.25, 0.3) is 0 Å². The molecule has 17 heavy (non-hydrogen) atoms. The third-order valence-corrected chi connectivity index (χ3v) is 3.76. The van der Waals surface area contributed by atoms with Gasteiger partial charge in [0.2, 0.25) is 0 Å². The molecule has 0 bridgehead atoms. The molecule has 1 aromatic rings. The third-order valence-electron chi connectivity index (χ3n) is 3.76. The second-order valence-corrected chi connectivity index (χ2v) is 5.73. The van der Waals surface area contributed by atoms with E-state index in [4.69, 9.17) is 5.73 Å². The molecule has 2 atom stereocenters. The highest BCUT2D eigenvalue weighted by atomic mass is 15.3. The smallest absolute Gasteiger partial charge is 0.0627 e. The van der Waals surface area contributed by atoms with Crippen LogP contribution in [0.5, 0.6) is 0 Å². The van der Waals surface area contributed by atoms with Crippen molar-refractivity contribution in [3.05, 3.63) is 18.0 Å². The molecule has 1 heterocycles. The van der Waals surface area contributed by atoms with E-state index in [1.54, 1.807) is 0 Å². The predicted octanol–water partition coefficient (Wildman–Crippen LogP) is 2.91. The van der Waals surface area contributed by atoms with Gasteiger partial charge in [-0.25, -0.2) is 0 Å². The minimum Gasteiger partial charge on any atom is -0.328 e. The van der Waals surface area contributed by atoms with E-state index in [1.165, 1.54) is 37.8 Å². The summed E-state index contributed by atoms with van der Waals surface area (Å²) < 4.78 is 2.05. The summed E-state index contributed by atoms with van der Waals surface area (Å²) in [5.74, 6) is 0.739. The highest BCUT2D eigenvalue weighted by Crippen LogP contribution is 2.25. The van der Waals surface area contributed by atoms with Crippen molar-refractivity contribution in [2.45, 2.75) is 64.5 Å². The first kappa shape index (κ1) is 12.6. The number of aromatic nitrogens is 2. The predicted molar refractivity (Wildman–Crippen MR) is 70.9 cm³/mol. The van der Waals surface area contributed by atoms with Gasteiger partial charge in [0, 0.05) is 18.3 Å². The van der Waals surface area contributed by atoms with Crippen LogP contribution in [0.1, 0.15) is 57.7 Å². The molecule has 1 saturated carbocycles. The average Bonchev–Trinajstić information content (AvgIpc) is 2.63. The minimum atomic E-state index is 0.412. The summed E-state index contributed by atoms with van der Waals surface area (Å²) in [5, 5.41) is 4.64. The van der Waals surface area contributed by atoms with E-state index < -0.39 is 0 Å². The van der Waals surface area contributed by atoms with E-state index in [2.05, 4.69) is 31.2 Å². The Morgan fingerprint density at radius 3 is 2.88 bits per heavy atom. The molecule has 0 spiro atoms. The van der Waals surface area contributed by atoms with Gasteiger partial charge in [0.1, 0.15) is 0 Å². The lowest BCUT2D eigenvalue weighted by atomic mass is 9.93. The van der Waals surface area contributed by atoms with E-state index in [1.807, 2.05) is 4.68 Å². The number of rotatable bonds is 3. The van der Waals surface area contributed by atoms with Crippen LogP contribution in [0.25, 0.3) is 0 Å². The molecule has 0 amide bonds. The molecule has 0 saturated heterocycles. The first-order chi connectivity index (χ1) is 8.15. The number of hydrogen-bond donors (Lipinski definition) is 1. The number of nitrogens with two attached hydrogens (primary N) is 1. The molecule has 96 valence electrons. The zero-order valence-corrected chi connectivity index (χ0v) is 11.1. The largest absolute Gasteiger partial charge is 0.328 e. The van der Waals surface area contributed by atoms with Crippen LogP contribution in [0.3, 0.4) is 0 Å². The van der Waals surface area contributed by atoms with Gasteiger partial charge in [-0.3, -0.25) is 4.68 Å². The normalized spacial score (nSPS) is 26.1.